The van der Waals surface area contributed by atoms with Crippen LogP contribution < -0.4 is 16.2 Å². The molecule has 1 amide bonds. The summed E-state index contributed by atoms with van der Waals surface area (Å²) in [6, 6.07) is 4.13. The van der Waals surface area contributed by atoms with E-state index in [1.807, 2.05) is 0 Å². The van der Waals surface area contributed by atoms with Crippen LogP contribution in [0.4, 0.5) is 5.00 Å². The highest BCUT2D eigenvalue weighted by molar-refractivity contribution is 7.80. The maximum atomic E-state index is 12.2. The molecule has 0 radical (unpaired) electrons. The number of amides is 1. The number of aromatic hydroxyl groups is 1. The van der Waals surface area contributed by atoms with E-state index in [4.69, 9.17) is 28.6 Å². The molecule has 142 valence electrons. The number of aryl methyl sites for hydroxylation is 1. The average Bonchev–Trinajstić information content (AvgIpc) is 3.21. The average molecular weight is 426 g/mol. The number of rotatable bonds is 3. The zero-order valence-corrected chi connectivity index (χ0v) is 16.6. The zero-order valence-electron chi connectivity index (χ0n) is 14.2. The first-order valence-corrected chi connectivity index (χ1v) is 9.59. The molecule has 1 aliphatic carbocycles. The molecule has 0 spiro atoms. The van der Waals surface area contributed by atoms with Gasteiger partial charge in [0.1, 0.15) is 10.8 Å². The number of hydrogen-bond donors (Lipinski definition) is 4. The van der Waals surface area contributed by atoms with E-state index in [1.54, 1.807) is 0 Å². The summed E-state index contributed by atoms with van der Waals surface area (Å²) in [6.07, 6.45) is 2.74. The van der Waals surface area contributed by atoms with Gasteiger partial charge in [0.25, 0.3) is 5.91 Å². The van der Waals surface area contributed by atoms with Crippen molar-refractivity contribution in [1.29, 1.82) is 0 Å². The lowest BCUT2D eigenvalue weighted by Crippen LogP contribution is -2.43. The molecule has 0 saturated carbocycles. The Kier molecular flexibility index (Phi) is 5.83. The van der Waals surface area contributed by atoms with E-state index >= 15 is 0 Å². The van der Waals surface area contributed by atoms with E-state index in [0.29, 0.717) is 15.6 Å². The summed E-state index contributed by atoms with van der Waals surface area (Å²) < 4.78 is 4.88. The largest absolute Gasteiger partial charge is 0.507 e. The number of phenols is 1. The molecule has 3 rings (SSSR count). The van der Waals surface area contributed by atoms with Crippen molar-refractivity contribution >= 4 is 57.1 Å². The van der Waals surface area contributed by atoms with Crippen LogP contribution in [0.1, 0.15) is 37.6 Å². The third kappa shape index (κ3) is 4.15. The summed E-state index contributed by atoms with van der Waals surface area (Å²) in [5.41, 5.74) is 6.40. The van der Waals surface area contributed by atoms with Crippen LogP contribution in [0.5, 0.6) is 5.75 Å². The highest BCUT2D eigenvalue weighted by Gasteiger charge is 2.27. The molecule has 1 aromatic carbocycles. The van der Waals surface area contributed by atoms with Gasteiger partial charge in [-0.05, 0) is 55.2 Å². The highest BCUT2D eigenvalue weighted by Crippen LogP contribution is 2.39. The van der Waals surface area contributed by atoms with Crippen molar-refractivity contribution in [3.8, 4) is 5.75 Å². The van der Waals surface area contributed by atoms with Crippen LogP contribution in [-0.4, -0.2) is 29.2 Å². The third-order valence-corrected chi connectivity index (χ3v) is 5.68. The van der Waals surface area contributed by atoms with Crippen molar-refractivity contribution in [2.24, 2.45) is 0 Å². The van der Waals surface area contributed by atoms with Crippen LogP contribution in [-0.2, 0) is 17.6 Å². The SMILES string of the molecule is COC(=O)c1c(NC(=S)NNC(=O)c2cc(Cl)ccc2O)sc2c1CCC2. The lowest BCUT2D eigenvalue weighted by atomic mass is 10.1. The van der Waals surface area contributed by atoms with Gasteiger partial charge in [-0.15, -0.1) is 11.3 Å². The Morgan fingerprint density at radius 1 is 1.30 bits per heavy atom. The zero-order chi connectivity index (χ0) is 19.6. The molecule has 4 N–H and O–H groups in total. The standard InChI is InChI=1S/C17H16ClN3O4S2/c1-25-16(24)13-9-3-2-4-12(9)27-15(13)19-17(26)21-20-14(23)10-7-8(18)5-6-11(10)22/h5-7,22H,2-4H2,1H3,(H,20,23)(H2,19,21,26). The van der Waals surface area contributed by atoms with Gasteiger partial charge in [-0.3, -0.25) is 15.6 Å². The minimum Gasteiger partial charge on any atom is -0.507 e. The minimum atomic E-state index is -0.610. The molecule has 10 heteroatoms. The van der Waals surface area contributed by atoms with Gasteiger partial charge in [0.15, 0.2) is 5.11 Å². The Bertz CT molecular complexity index is 929. The number of thiophene rings is 1. The summed E-state index contributed by atoms with van der Waals surface area (Å²) in [5.74, 6) is -1.24. The van der Waals surface area contributed by atoms with E-state index in [1.165, 1.54) is 36.6 Å². The molecule has 2 aromatic rings. The van der Waals surface area contributed by atoms with E-state index < -0.39 is 11.9 Å². The molecule has 0 saturated heterocycles. The molecule has 0 fully saturated rings. The maximum Gasteiger partial charge on any atom is 0.341 e. The fourth-order valence-corrected chi connectivity index (χ4v) is 4.49. The van der Waals surface area contributed by atoms with Crippen LogP contribution in [0, 0.1) is 0 Å². The smallest absolute Gasteiger partial charge is 0.341 e. The summed E-state index contributed by atoms with van der Waals surface area (Å²) >= 11 is 12.5. The second-order valence-corrected chi connectivity index (χ2v) is 7.70. The van der Waals surface area contributed by atoms with Crippen LogP contribution in [0.25, 0.3) is 0 Å². The maximum absolute atomic E-state index is 12.2. The molecule has 0 aliphatic heterocycles. The second kappa shape index (κ2) is 8.12. The van der Waals surface area contributed by atoms with E-state index in [2.05, 4.69) is 16.2 Å². The van der Waals surface area contributed by atoms with E-state index in [9.17, 15) is 14.7 Å². The van der Waals surface area contributed by atoms with Crippen LogP contribution >= 0.6 is 35.2 Å². The minimum absolute atomic E-state index is 0.00292. The molecule has 1 aliphatic rings. The van der Waals surface area contributed by atoms with Crippen LogP contribution in [0.15, 0.2) is 18.2 Å². The molecule has 27 heavy (non-hydrogen) atoms. The summed E-state index contributed by atoms with van der Waals surface area (Å²) in [4.78, 5) is 25.4. The van der Waals surface area contributed by atoms with Crippen molar-refractivity contribution in [3.63, 3.8) is 0 Å². The number of hydrogen-bond acceptors (Lipinski definition) is 6. The molecule has 0 unspecified atom stereocenters. The Labute approximate surface area is 169 Å². The first kappa shape index (κ1) is 19.4. The lowest BCUT2D eigenvalue weighted by Gasteiger charge is -2.12. The molecule has 1 heterocycles. The summed E-state index contributed by atoms with van der Waals surface area (Å²) in [5, 5.41) is 13.7. The predicted octanol–water partition coefficient (Wildman–Crippen LogP) is 3.01. The number of carbonyl (C=O) groups is 2. The van der Waals surface area contributed by atoms with Crippen molar-refractivity contribution in [3.05, 3.63) is 44.8 Å². The quantitative estimate of drug-likeness (QED) is 0.341. The summed E-state index contributed by atoms with van der Waals surface area (Å²) in [7, 11) is 1.33. The number of anilines is 1. The number of nitrogens with one attached hydrogen (secondary N) is 3. The highest BCUT2D eigenvalue weighted by atomic mass is 35.5. The number of carbonyl (C=O) groups excluding carboxylic acids is 2. The molecule has 7 nitrogen and oxygen atoms in total. The van der Waals surface area contributed by atoms with Gasteiger partial charge < -0.3 is 15.2 Å². The molecule has 1 aromatic heterocycles. The Balaban J connectivity index is 1.67. The van der Waals surface area contributed by atoms with Gasteiger partial charge >= 0.3 is 5.97 Å². The number of ether oxygens (including phenoxy) is 1. The molecule has 0 bridgehead atoms. The van der Waals surface area contributed by atoms with Crippen LogP contribution in [0.2, 0.25) is 5.02 Å². The lowest BCUT2D eigenvalue weighted by molar-refractivity contribution is 0.0601. The number of hydrazine groups is 1. The van der Waals surface area contributed by atoms with Gasteiger partial charge in [0.05, 0.1) is 18.2 Å². The molecular formula is C17H16ClN3O4S2. The first-order chi connectivity index (χ1) is 12.9. The summed E-state index contributed by atoms with van der Waals surface area (Å²) in [6.45, 7) is 0. The Hall–Kier alpha value is -2.36. The number of halogens is 1. The predicted molar refractivity (Wildman–Crippen MR) is 108 cm³/mol. The normalized spacial score (nSPS) is 12.2. The van der Waals surface area contributed by atoms with Gasteiger partial charge in [0.2, 0.25) is 0 Å². The topological polar surface area (TPSA) is 99.7 Å². The fraction of sp³-hybridized carbons (Fsp3) is 0.235. The van der Waals surface area contributed by atoms with Crippen molar-refractivity contribution in [2.75, 3.05) is 12.4 Å². The number of phenolic OH excluding ortho intramolecular Hbond substituents is 1. The fourth-order valence-electron chi connectivity index (χ4n) is 2.82. The monoisotopic (exact) mass is 425 g/mol. The Morgan fingerprint density at radius 2 is 2.07 bits per heavy atom. The van der Waals surface area contributed by atoms with Gasteiger partial charge in [0, 0.05) is 9.90 Å². The van der Waals surface area contributed by atoms with Crippen molar-refractivity contribution < 1.29 is 19.4 Å². The number of esters is 1. The number of benzene rings is 1. The second-order valence-electron chi connectivity index (χ2n) is 5.75. The van der Waals surface area contributed by atoms with Crippen molar-refractivity contribution in [1.82, 2.24) is 10.9 Å². The molecule has 0 atom stereocenters. The number of thiocarbonyl (C=S) groups is 1. The third-order valence-electron chi connectivity index (χ3n) is 4.03. The van der Waals surface area contributed by atoms with E-state index in [-0.39, 0.29) is 16.4 Å². The number of fused-ring (bicyclic) bond motifs is 1. The van der Waals surface area contributed by atoms with Crippen molar-refractivity contribution in [2.45, 2.75) is 19.3 Å². The van der Waals surface area contributed by atoms with Gasteiger partial charge in [-0.2, -0.15) is 0 Å². The first-order valence-electron chi connectivity index (χ1n) is 7.99. The van der Waals surface area contributed by atoms with Crippen LogP contribution in [0.3, 0.4) is 0 Å². The molecular weight excluding hydrogens is 410 g/mol. The number of methoxy groups -OCH3 is 1. The van der Waals surface area contributed by atoms with E-state index in [0.717, 1.165) is 29.7 Å². The van der Waals surface area contributed by atoms with Gasteiger partial charge in [-0.25, -0.2) is 4.79 Å². The van der Waals surface area contributed by atoms with Gasteiger partial charge in [-0.1, -0.05) is 11.6 Å². The Morgan fingerprint density at radius 3 is 2.81 bits per heavy atom.